The van der Waals surface area contributed by atoms with Crippen LogP contribution in [-0.2, 0) is 6.42 Å². The lowest BCUT2D eigenvalue weighted by Gasteiger charge is -2.04. The van der Waals surface area contributed by atoms with Crippen molar-refractivity contribution in [3.05, 3.63) is 41.2 Å². The molecule has 0 unspecified atom stereocenters. The first kappa shape index (κ1) is 11.4. The molecule has 0 aliphatic heterocycles. The number of hydrogen-bond acceptors (Lipinski definition) is 3. The number of aromatic nitrogens is 1. The summed E-state index contributed by atoms with van der Waals surface area (Å²) in [5.41, 5.74) is 2.44. The Kier molecular flexibility index (Phi) is 2.95. The molecule has 2 aromatic rings. The smallest absolute Gasteiger partial charge is 0.341 e. The predicted molar refractivity (Wildman–Crippen MR) is 63.0 cm³/mol. The summed E-state index contributed by atoms with van der Waals surface area (Å²) in [6, 6.07) is 7.62. The molecule has 1 aromatic carbocycles. The van der Waals surface area contributed by atoms with Crippen LogP contribution in [0.4, 0.5) is 0 Å². The van der Waals surface area contributed by atoms with Crippen LogP contribution in [0.5, 0.6) is 0 Å². The monoisotopic (exact) mass is 231 g/mol. The molecule has 1 N–H and O–H groups in total. The molecule has 1 heterocycles. The van der Waals surface area contributed by atoms with Gasteiger partial charge in [-0.2, -0.15) is 0 Å². The fraction of sp³-hybridized carbons (Fsp3) is 0.231. The third kappa shape index (κ3) is 1.93. The maximum Gasteiger partial charge on any atom is 0.341 e. The van der Waals surface area contributed by atoms with Crippen LogP contribution in [0.3, 0.4) is 0 Å². The number of aryl methyl sites for hydroxylation is 2. The average molecular weight is 231 g/mol. The van der Waals surface area contributed by atoms with E-state index in [1.54, 1.807) is 6.92 Å². The molecular formula is C13H13NO3. The first-order valence-corrected chi connectivity index (χ1v) is 5.43. The molecule has 0 spiro atoms. The summed E-state index contributed by atoms with van der Waals surface area (Å²) in [7, 11) is 0. The lowest BCUT2D eigenvalue weighted by Crippen LogP contribution is -2.00. The summed E-state index contributed by atoms with van der Waals surface area (Å²) in [6.07, 6.45) is 0.821. The summed E-state index contributed by atoms with van der Waals surface area (Å²) in [4.78, 5) is 11.2. The fourth-order valence-corrected chi connectivity index (χ4v) is 1.87. The Bertz CT molecular complexity index is 558. The van der Waals surface area contributed by atoms with Crippen LogP contribution < -0.4 is 0 Å². The number of rotatable bonds is 3. The molecule has 0 bridgehead atoms. The third-order valence-electron chi connectivity index (χ3n) is 2.73. The van der Waals surface area contributed by atoms with Gasteiger partial charge in [0.2, 0.25) is 0 Å². The van der Waals surface area contributed by atoms with Crippen LogP contribution >= 0.6 is 0 Å². The molecule has 0 atom stereocenters. The quantitative estimate of drug-likeness (QED) is 0.882. The van der Waals surface area contributed by atoms with Crippen LogP contribution in [-0.4, -0.2) is 16.2 Å². The van der Waals surface area contributed by atoms with Gasteiger partial charge in [0.25, 0.3) is 0 Å². The van der Waals surface area contributed by atoms with Gasteiger partial charge >= 0.3 is 5.97 Å². The number of carboxylic acid groups (broad SMARTS) is 1. The lowest BCUT2D eigenvalue weighted by atomic mass is 9.99. The van der Waals surface area contributed by atoms with Gasteiger partial charge in [-0.25, -0.2) is 4.79 Å². The highest BCUT2D eigenvalue weighted by Gasteiger charge is 2.21. The van der Waals surface area contributed by atoms with Crippen molar-refractivity contribution < 1.29 is 14.4 Å². The van der Waals surface area contributed by atoms with Crippen LogP contribution in [0.1, 0.15) is 28.6 Å². The van der Waals surface area contributed by atoms with E-state index in [1.807, 2.05) is 31.2 Å². The summed E-state index contributed by atoms with van der Waals surface area (Å²) in [5, 5.41) is 13.0. The number of nitrogens with zero attached hydrogens (tertiary/aromatic N) is 1. The second-order valence-corrected chi connectivity index (χ2v) is 3.78. The van der Waals surface area contributed by atoms with Crippen LogP contribution in [0.25, 0.3) is 11.3 Å². The minimum absolute atomic E-state index is 0.144. The van der Waals surface area contributed by atoms with Crippen molar-refractivity contribution in [1.29, 1.82) is 0 Å². The number of benzene rings is 1. The molecule has 4 nitrogen and oxygen atoms in total. The summed E-state index contributed by atoms with van der Waals surface area (Å²) in [6.45, 7) is 3.63. The molecule has 0 aliphatic carbocycles. The number of carbonyl (C=O) groups is 1. The van der Waals surface area contributed by atoms with E-state index in [4.69, 9.17) is 9.63 Å². The highest BCUT2D eigenvalue weighted by atomic mass is 16.5. The van der Waals surface area contributed by atoms with Crippen LogP contribution in [0.15, 0.2) is 28.8 Å². The van der Waals surface area contributed by atoms with E-state index in [2.05, 4.69) is 5.16 Å². The molecule has 0 fully saturated rings. The minimum Gasteiger partial charge on any atom is -0.477 e. The summed E-state index contributed by atoms with van der Waals surface area (Å²) in [5.74, 6) is -0.678. The second-order valence-electron chi connectivity index (χ2n) is 3.78. The Hall–Kier alpha value is -2.10. The van der Waals surface area contributed by atoms with Crippen molar-refractivity contribution in [2.24, 2.45) is 0 Å². The number of aromatic carboxylic acids is 1. The zero-order chi connectivity index (χ0) is 12.4. The van der Waals surface area contributed by atoms with Gasteiger partial charge < -0.3 is 9.63 Å². The lowest BCUT2D eigenvalue weighted by molar-refractivity contribution is 0.0696. The highest BCUT2D eigenvalue weighted by molar-refractivity contribution is 5.96. The van der Waals surface area contributed by atoms with Gasteiger partial charge in [0.1, 0.15) is 17.0 Å². The molecule has 17 heavy (non-hydrogen) atoms. The topological polar surface area (TPSA) is 63.3 Å². The van der Waals surface area contributed by atoms with Crippen molar-refractivity contribution in [1.82, 2.24) is 5.16 Å². The molecule has 2 rings (SSSR count). The first-order chi connectivity index (χ1) is 8.15. The zero-order valence-corrected chi connectivity index (χ0v) is 9.73. The molecule has 0 aliphatic rings. The molecule has 4 heteroatoms. The normalized spacial score (nSPS) is 10.5. The molecule has 88 valence electrons. The SMILES string of the molecule is CCc1ccccc1-c1noc(C)c1C(=O)O. The van der Waals surface area contributed by atoms with Gasteiger partial charge in [-0.3, -0.25) is 0 Å². The van der Waals surface area contributed by atoms with Crippen LogP contribution in [0.2, 0.25) is 0 Å². The Morgan fingerprint density at radius 1 is 1.41 bits per heavy atom. The Labute approximate surface area is 98.9 Å². The maximum absolute atomic E-state index is 11.2. The van der Waals surface area contributed by atoms with Gasteiger partial charge in [-0.1, -0.05) is 36.3 Å². The third-order valence-corrected chi connectivity index (χ3v) is 2.73. The number of hydrogen-bond donors (Lipinski definition) is 1. The van der Waals surface area contributed by atoms with E-state index in [-0.39, 0.29) is 5.56 Å². The zero-order valence-electron chi connectivity index (χ0n) is 9.73. The fourth-order valence-electron chi connectivity index (χ4n) is 1.87. The molecular weight excluding hydrogens is 218 g/mol. The standard InChI is InChI=1S/C13H13NO3/c1-3-9-6-4-5-7-10(9)12-11(13(15)16)8(2)17-14-12/h4-7H,3H2,1-2H3,(H,15,16). The van der Waals surface area contributed by atoms with Gasteiger partial charge in [0.05, 0.1) is 0 Å². The second kappa shape index (κ2) is 4.41. The molecule has 0 saturated carbocycles. The van der Waals surface area contributed by atoms with Gasteiger partial charge in [0, 0.05) is 5.56 Å². The van der Waals surface area contributed by atoms with Crippen molar-refractivity contribution in [2.45, 2.75) is 20.3 Å². The molecule has 0 amide bonds. The largest absolute Gasteiger partial charge is 0.477 e. The molecule has 0 radical (unpaired) electrons. The first-order valence-electron chi connectivity index (χ1n) is 5.43. The molecule has 0 saturated heterocycles. The van der Waals surface area contributed by atoms with Gasteiger partial charge in [-0.05, 0) is 18.9 Å². The summed E-state index contributed by atoms with van der Waals surface area (Å²) < 4.78 is 4.98. The minimum atomic E-state index is -1.01. The Morgan fingerprint density at radius 3 is 2.76 bits per heavy atom. The van der Waals surface area contributed by atoms with E-state index >= 15 is 0 Å². The Balaban J connectivity index is 2.65. The van der Waals surface area contributed by atoms with Gasteiger partial charge in [-0.15, -0.1) is 0 Å². The van der Waals surface area contributed by atoms with E-state index in [0.29, 0.717) is 11.5 Å². The van der Waals surface area contributed by atoms with Crippen molar-refractivity contribution in [3.8, 4) is 11.3 Å². The van der Waals surface area contributed by atoms with E-state index in [0.717, 1.165) is 17.5 Å². The van der Waals surface area contributed by atoms with E-state index in [9.17, 15) is 4.79 Å². The van der Waals surface area contributed by atoms with Crippen molar-refractivity contribution in [3.63, 3.8) is 0 Å². The Morgan fingerprint density at radius 2 is 2.12 bits per heavy atom. The predicted octanol–water partition coefficient (Wildman–Crippen LogP) is 2.91. The van der Waals surface area contributed by atoms with E-state index < -0.39 is 5.97 Å². The summed E-state index contributed by atoms with van der Waals surface area (Å²) >= 11 is 0. The van der Waals surface area contributed by atoms with E-state index in [1.165, 1.54) is 0 Å². The van der Waals surface area contributed by atoms with Crippen LogP contribution in [0, 0.1) is 6.92 Å². The maximum atomic E-state index is 11.2. The van der Waals surface area contributed by atoms with Gasteiger partial charge in [0.15, 0.2) is 0 Å². The van der Waals surface area contributed by atoms with Crippen molar-refractivity contribution >= 4 is 5.97 Å². The highest BCUT2D eigenvalue weighted by Crippen LogP contribution is 2.28. The van der Waals surface area contributed by atoms with Crippen molar-refractivity contribution in [2.75, 3.05) is 0 Å². The average Bonchev–Trinajstić information content (AvgIpc) is 2.71. The molecule has 1 aromatic heterocycles. The number of carboxylic acids is 1.